The van der Waals surface area contributed by atoms with Crippen molar-refractivity contribution in [1.82, 2.24) is 5.32 Å². The fourth-order valence-corrected chi connectivity index (χ4v) is 2.27. The minimum Gasteiger partial charge on any atom is -0.423 e. The topological polar surface area (TPSA) is 59.3 Å². The van der Waals surface area contributed by atoms with Crippen molar-refractivity contribution < 1.29 is 9.21 Å². The van der Waals surface area contributed by atoms with Crippen LogP contribution in [0.15, 0.2) is 33.5 Å². The lowest BCUT2D eigenvalue weighted by Gasteiger charge is -2.09. The van der Waals surface area contributed by atoms with Gasteiger partial charge in [-0.25, -0.2) is 4.79 Å². The van der Waals surface area contributed by atoms with Crippen LogP contribution in [0.4, 0.5) is 0 Å². The zero-order valence-electron chi connectivity index (χ0n) is 12.1. The van der Waals surface area contributed by atoms with Gasteiger partial charge in [0.25, 0.3) is 0 Å². The fourth-order valence-electron chi connectivity index (χ4n) is 2.19. The van der Waals surface area contributed by atoms with Crippen molar-refractivity contribution in [3.05, 3.63) is 45.8 Å². The minimum atomic E-state index is -0.605. The molecule has 21 heavy (non-hydrogen) atoms. The van der Waals surface area contributed by atoms with Crippen molar-refractivity contribution in [2.75, 3.05) is 0 Å². The van der Waals surface area contributed by atoms with E-state index in [-0.39, 0.29) is 12.5 Å². The number of hydrogen-bond acceptors (Lipinski definition) is 3. The Morgan fingerprint density at radius 1 is 1.38 bits per heavy atom. The molecule has 0 bridgehead atoms. The molecule has 0 radical (unpaired) electrons. The lowest BCUT2D eigenvalue weighted by atomic mass is 10.0. The first-order chi connectivity index (χ1) is 10.0. The molecule has 5 heteroatoms. The van der Waals surface area contributed by atoms with E-state index in [2.05, 4.69) is 12.2 Å². The largest absolute Gasteiger partial charge is 0.423 e. The van der Waals surface area contributed by atoms with E-state index in [0.29, 0.717) is 5.58 Å². The zero-order valence-corrected chi connectivity index (χ0v) is 12.9. The van der Waals surface area contributed by atoms with Gasteiger partial charge in [0.05, 0.1) is 0 Å². The summed E-state index contributed by atoms with van der Waals surface area (Å²) in [5, 5.41) is 2.96. The molecular weight excluding hydrogens is 290 g/mol. The van der Waals surface area contributed by atoms with E-state index in [1.807, 2.05) is 12.1 Å². The molecule has 0 fully saturated rings. The van der Waals surface area contributed by atoms with Gasteiger partial charge >= 0.3 is 5.63 Å². The van der Waals surface area contributed by atoms with Gasteiger partial charge in [0.1, 0.15) is 11.0 Å². The molecule has 2 rings (SSSR count). The molecule has 1 aromatic heterocycles. The molecular formula is C16H18ClNO3. The maximum absolute atomic E-state index is 11.6. The van der Waals surface area contributed by atoms with Gasteiger partial charge < -0.3 is 9.73 Å². The van der Waals surface area contributed by atoms with Crippen molar-refractivity contribution in [2.24, 2.45) is 0 Å². The van der Waals surface area contributed by atoms with Crippen LogP contribution >= 0.6 is 11.6 Å². The number of amides is 1. The van der Waals surface area contributed by atoms with Crippen LogP contribution in [-0.4, -0.2) is 11.3 Å². The van der Waals surface area contributed by atoms with Crippen LogP contribution in [0.25, 0.3) is 11.0 Å². The van der Waals surface area contributed by atoms with Crippen LogP contribution in [0.1, 0.15) is 31.4 Å². The molecule has 0 aliphatic rings. The van der Waals surface area contributed by atoms with Crippen molar-refractivity contribution >= 4 is 28.5 Å². The molecule has 0 saturated heterocycles. The summed E-state index contributed by atoms with van der Waals surface area (Å²) in [5.41, 5.74) is 2.03. The monoisotopic (exact) mass is 307 g/mol. The first-order valence-electron chi connectivity index (χ1n) is 6.98. The molecule has 1 amide bonds. The SMILES string of the molecule is CCCc1ccc2oc(=O)cc(CNC(=O)C(C)Cl)c2c1. The molecule has 1 N–H and O–H groups in total. The van der Waals surface area contributed by atoms with E-state index in [1.54, 1.807) is 13.0 Å². The van der Waals surface area contributed by atoms with Crippen LogP contribution in [-0.2, 0) is 17.8 Å². The van der Waals surface area contributed by atoms with Crippen LogP contribution in [0, 0.1) is 0 Å². The molecule has 1 atom stereocenters. The van der Waals surface area contributed by atoms with Gasteiger partial charge in [0, 0.05) is 18.0 Å². The molecule has 1 aromatic carbocycles. The molecule has 1 unspecified atom stereocenters. The molecule has 0 aliphatic heterocycles. The molecule has 112 valence electrons. The number of aryl methyl sites for hydroxylation is 1. The summed E-state index contributed by atoms with van der Waals surface area (Å²) in [6, 6.07) is 7.18. The van der Waals surface area contributed by atoms with Crippen LogP contribution in [0.5, 0.6) is 0 Å². The maximum atomic E-state index is 11.6. The minimum absolute atomic E-state index is 0.258. The van der Waals surface area contributed by atoms with E-state index in [9.17, 15) is 9.59 Å². The molecule has 1 heterocycles. The smallest absolute Gasteiger partial charge is 0.336 e. The highest BCUT2D eigenvalue weighted by Gasteiger charge is 2.11. The Balaban J connectivity index is 2.38. The van der Waals surface area contributed by atoms with E-state index in [4.69, 9.17) is 16.0 Å². The molecule has 2 aromatic rings. The van der Waals surface area contributed by atoms with Gasteiger partial charge in [-0.15, -0.1) is 11.6 Å². The second-order valence-corrected chi connectivity index (χ2v) is 5.66. The lowest BCUT2D eigenvalue weighted by Crippen LogP contribution is -2.29. The quantitative estimate of drug-likeness (QED) is 0.682. The number of benzene rings is 1. The Labute approximate surface area is 128 Å². The first-order valence-corrected chi connectivity index (χ1v) is 7.42. The molecule has 0 spiro atoms. The van der Waals surface area contributed by atoms with E-state index >= 15 is 0 Å². The summed E-state index contributed by atoms with van der Waals surface area (Å²) in [7, 11) is 0. The average molecular weight is 308 g/mol. The summed E-state index contributed by atoms with van der Waals surface area (Å²) in [5.74, 6) is -0.261. The predicted octanol–water partition coefficient (Wildman–Crippen LogP) is 2.99. The number of halogens is 1. The van der Waals surface area contributed by atoms with E-state index in [1.165, 1.54) is 11.6 Å². The lowest BCUT2D eigenvalue weighted by molar-refractivity contribution is -0.120. The Morgan fingerprint density at radius 2 is 2.14 bits per heavy atom. The second-order valence-electron chi connectivity index (χ2n) is 5.00. The van der Waals surface area contributed by atoms with Gasteiger partial charge in [-0.2, -0.15) is 0 Å². The molecule has 0 saturated carbocycles. The standard InChI is InChI=1S/C16H18ClNO3/c1-3-4-11-5-6-14-13(7-11)12(8-15(19)21-14)9-18-16(20)10(2)17/h5-8,10H,3-4,9H2,1-2H3,(H,18,20). The Kier molecular flexibility index (Phi) is 5.02. The first kappa shape index (κ1) is 15.6. The number of nitrogens with one attached hydrogen (secondary N) is 1. The summed E-state index contributed by atoms with van der Waals surface area (Å²) in [4.78, 5) is 23.1. The van der Waals surface area contributed by atoms with Crippen LogP contribution in [0.2, 0.25) is 0 Å². The van der Waals surface area contributed by atoms with Crippen molar-refractivity contribution in [1.29, 1.82) is 0 Å². The third-order valence-corrected chi connectivity index (χ3v) is 3.44. The summed E-state index contributed by atoms with van der Waals surface area (Å²) in [6.45, 7) is 3.97. The number of fused-ring (bicyclic) bond motifs is 1. The third kappa shape index (κ3) is 3.85. The van der Waals surface area contributed by atoms with E-state index in [0.717, 1.165) is 23.8 Å². The van der Waals surface area contributed by atoms with Crippen LogP contribution < -0.4 is 10.9 Å². The average Bonchev–Trinajstić information content (AvgIpc) is 2.44. The third-order valence-electron chi connectivity index (χ3n) is 3.25. The fraction of sp³-hybridized carbons (Fsp3) is 0.375. The van der Waals surface area contributed by atoms with Crippen molar-refractivity contribution in [3.63, 3.8) is 0 Å². The van der Waals surface area contributed by atoms with Crippen molar-refractivity contribution in [3.8, 4) is 0 Å². The van der Waals surface area contributed by atoms with Gasteiger partial charge in [0.15, 0.2) is 0 Å². The highest BCUT2D eigenvalue weighted by molar-refractivity contribution is 6.30. The number of alkyl halides is 1. The van der Waals surface area contributed by atoms with E-state index < -0.39 is 11.0 Å². The number of hydrogen-bond donors (Lipinski definition) is 1. The summed E-state index contributed by atoms with van der Waals surface area (Å²) >= 11 is 5.72. The van der Waals surface area contributed by atoms with Crippen LogP contribution in [0.3, 0.4) is 0 Å². The normalized spacial score (nSPS) is 12.3. The van der Waals surface area contributed by atoms with Gasteiger partial charge in [-0.3, -0.25) is 4.79 Å². The second kappa shape index (κ2) is 6.76. The number of carbonyl (C=O) groups is 1. The van der Waals surface area contributed by atoms with Gasteiger partial charge in [0.2, 0.25) is 5.91 Å². The number of carbonyl (C=O) groups excluding carboxylic acids is 1. The highest BCUT2D eigenvalue weighted by atomic mass is 35.5. The summed E-state index contributed by atoms with van der Waals surface area (Å²) in [6.07, 6.45) is 2.00. The zero-order chi connectivity index (χ0) is 15.4. The molecule has 0 aliphatic carbocycles. The Bertz CT molecular complexity index is 706. The molecule has 4 nitrogen and oxygen atoms in total. The maximum Gasteiger partial charge on any atom is 0.336 e. The highest BCUT2D eigenvalue weighted by Crippen LogP contribution is 2.19. The van der Waals surface area contributed by atoms with Gasteiger partial charge in [-0.05, 0) is 36.6 Å². The van der Waals surface area contributed by atoms with Gasteiger partial charge in [-0.1, -0.05) is 19.4 Å². The van der Waals surface area contributed by atoms with Crippen molar-refractivity contribution in [2.45, 2.75) is 38.6 Å². The Hall–Kier alpha value is -1.81. The number of rotatable bonds is 5. The predicted molar refractivity (Wildman–Crippen MR) is 83.6 cm³/mol. The Morgan fingerprint density at radius 3 is 2.81 bits per heavy atom. The summed E-state index contributed by atoms with van der Waals surface area (Å²) < 4.78 is 5.20.